The highest BCUT2D eigenvalue weighted by molar-refractivity contribution is 7.10. The Morgan fingerprint density at radius 3 is 2.48 bits per heavy atom. The molecule has 154 valence electrons. The first-order chi connectivity index (χ1) is 12.2. The molecule has 0 aliphatic carbocycles. The molecule has 6 nitrogen and oxygen atoms in total. The number of thiophene rings is 1. The van der Waals surface area contributed by atoms with E-state index in [0.717, 1.165) is 25.9 Å². The van der Waals surface area contributed by atoms with Crippen LogP contribution in [0.1, 0.15) is 44.5 Å². The van der Waals surface area contributed by atoms with Crippen LogP contribution in [0, 0.1) is 5.41 Å². The van der Waals surface area contributed by atoms with E-state index >= 15 is 0 Å². The molecule has 2 heterocycles. The smallest absolute Gasteiger partial charge is 0.317 e. The number of carbonyl (C=O) groups is 2. The summed E-state index contributed by atoms with van der Waals surface area (Å²) in [7, 11) is 1.86. The van der Waals surface area contributed by atoms with E-state index in [-0.39, 0.29) is 42.4 Å². The van der Waals surface area contributed by atoms with Crippen molar-refractivity contribution < 1.29 is 14.7 Å². The molecule has 1 aromatic rings. The summed E-state index contributed by atoms with van der Waals surface area (Å²) in [6.45, 7) is 8.53. The van der Waals surface area contributed by atoms with Crippen LogP contribution >= 0.6 is 23.7 Å². The molecule has 0 aromatic carbocycles. The first-order valence-corrected chi connectivity index (χ1v) is 10.0. The highest BCUT2D eigenvalue weighted by Gasteiger charge is 2.30. The van der Waals surface area contributed by atoms with Crippen LogP contribution in [-0.4, -0.2) is 66.1 Å². The molecule has 0 radical (unpaired) electrons. The van der Waals surface area contributed by atoms with Gasteiger partial charge in [-0.3, -0.25) is 19.4 Å². The van der Waals surface area contributed by atoms with Gasteiger partial charge in [-0.25, -0.2) is 0 Å². The molecule has 27 heavy (non-hydrogen) atoms. The van der Waals surface area contributed by atoms with Gasteiger partial charge in [0.15, 0.2) is 0 Å². The molecule has 0 bridgehead atoms. The Labute approximate surface area is 172 Å². The fraction of sp³-hybridized carbons (Fsp3) is 0.684. The summed E-state index contributed by atoms with van der Waals surface area (Å²) in [5.41, 5.74) is -0.0486. The Balaban J connectivity index is 0.00000364. The number of carbonyl (C=O) groups excluding carboxylic acids is 1. The molecule has 1 unspecified atom stereocenters. The molecule has 1 aliphatic heterocycles. The fourth-order valence-electron chi connectivity index (χ4n) is 3.44. The standard InChI is InChI=1S/C19H31N3O3S.ClH/c1-19(2,3)18(15-6-5-11-26-15)20-16(23)12-22-9-7-14(8-10-22)21(4)13-17(24)25;/h5-6,11,14,18H,7-10,12-13H2,1-4H3,(H,20,23)(H,24,25);1H. The summed E-state index contributed by atoms with van der Waals surface area (Å²) < 4.78 is 0. The molecule has 1 amide bonds. The van der Waals surface area contributed by atoms with Gasteiger partial charge in [0.05, 0.1) is 19.1 Å². The van der Waals surface area contributed by atoms with Gasteiger partial charge in [0, 0.05) is 24.0 Å². The minimum Gasteiger partial charge on any atom is -0.480 e. The number of nitrogens with zero attached hydrogens (tertiary/aromatic N) is 2. The van der Waals surface area contributed by atoms with Crippen molar-refractivity contribution in [2.45, 2.75) is 45.7 Å². The molecule has 0 spiro atoms. The molecular formula is C19H32ClN3O3S. The van der Waals surface area contributed by atoms with Gasteiger partial charge in [-0.05, 0) is 36.8 Å². The van der Waals surface area contributed by atoms with E-state index in [4.69, 9.17) is 5.11 Å². The zero-order chi connectivity index (χ0) is 19.3. The Bertz CT molecular complexity index is 596. The van der Waals surface area contributed by atoms with Crippen LogP contribution in [0.2, 0.25) is 0 Å². The number of halogens is 1. The van der Waals surface area contributed by atoms with Crippen molar-refractivity contribution in [2.24, 2.45) is 5.41 Å². The first-order valence-electron chi connectivity index (χ1n) is 9.14. The van der Waals surface area contributed by atoms with Gasteiger partial charge >= 0.3 is 5.97 Å². The number of carboxylic acids is 1. The van der Waals surface area contributed by atoms with Crippen LogP contribution in [0.3, 0.4) is 0 Å². The number of likely N-dealkylation sites (N-methyl/N-ethyl adjacent to an activating group) is 1. The van der Waals surface area contributed by atoms with E-state index in [1.165, 1.54) is 4.88 Å². The van der Waals surface area contributed by atoms with E-state index in [0.29, 0.717) is 6.54 Å². The maximum Gasteiger partial charge on any atom is 0.317 e. The number of hydrogen-bond donors (Lipinski definition) is 2. The summed E-state index contributed by atoms with van der Waals surface area (Å²) in [5, 5.41) is 14.2. The van der Waals surface area contributed by atoms with Crippen LogP contribution in [0.4, 0.5) is 0 Å². The van der Waals surface area contributed by atoms with E-state index < -0.39 is 5.97 Å². The quantitative estimate of drug-likeness (QED) is 0.713. The second kappa shape index (κ2) is 10.4. The zero-order valence-corrected chi connectivity index (χ0v) is 18.2. The number of likely N-dealkylation sites (tertiary alicyclic amines) is 1. The van der Waals surface area contributed by atoms with E-state index in [2.05, 4.69) is 37.1 Å². The second-order valence-corrected chi connectivity index (χ2v) is 9.18. The van der Waals surface area contributed by atoms with Crippen molar-refractivity contribution in [3.05, 3.63) is 22.4 Å². The zero-order valence-electron chi connectivity index (χ0n) is 16.6. The van der Waals surface area contributed by atoms with Gasteiger partial charge in [-0.1, -0.05) is 26.8 Å². The van der Waals surface area contributed by atoms with Crippen molar-refractivity contribution in [1.29, 1.82) is 0 Å². The van der Waals surface area contributed by atoms with Crippen molar-refractivity contribution in [2.75, 3.05) is 33.2 Å². The predicted molar refractivity (Wildman–Crippen MR) is 112 cm³/mol. The lowest BCUT2D eigenvalue weighted by molar-refractivity contribution is -0.138. The number of rotatable bonds is 7. The number of amides is 1. The van der Waals surface area contributed by atoms with Gasteiger partial charge in [0.25, 0.3) is 0 Å². The summed E-state index contributed by atoms with van der Waals surface area (Å²) >= 11 is 1.67. The molecule has 2 rings (SSSR count). The Morgan fingerprint density at radius 2 is 2.00 bits per heavy atom. The molecule has 1 saturated heterocycles. The summed E-state index contributed by atoms with van der Waals surface area (Å²) in [6, 6.07) is 4.38. The number of hydrogen-bond acceptors (Lipinski definition) is 5. The van der Waals surface area contributed by atoms with Crippen LogP contribution < -0.4 is 5.32 Å². The highest BCUT2D eigenvalue weighted by Crippen LogP contribution is 2.35. The lowest BCUT2D eigenvalue weighted by Gasteiger charge is -2.36. The Morgan fingerprint density at radius 1 is 1.37 bits per heavy atom. The molecule has 1 fully saturated rings. The molecule has 0 saturated carbocycles. The minimum atomic E-state index is -0.795. The van der Waals surface area contributed by atoms with Crippen molar-refractivity contribution in [3.63, 3.8) is 0 Å². The van der Waals surface area contributed by atoms with Gasteiger partial charge in [0.2, 0.25) is 5.91 Å². The Hall–Kier alpha value is -1.15. The summed E-state index contributed by atoms with van der Waals surface area (Å²) in [4.78, 5) is 28.7. The third-order valence-corrected chi connectivity index (χ3v) is 5.87. The monoisotopic (exact) mass is 417 g/mol. The lowest BCUT2D eigenvalue weighted by atomic mass is 9.85. The third kappa shape index (κ3) is 7.41. The van der Waals surface area contributed by atoms with Crippen LogP contribution in [0.5, 0.6) is 0 Å². The maximum absolute atomic E-state index is 12.6. The first kappa shape index (κ1) is 23.9. The third-order valence-electron chi connectivity index (χ3n) is 4.93. The number of piperidine rings is 1. The van der Waals surface area contributed by atoms with Gasteiger partial charge < -0.3 is 10.4 Å². The van der Waals surface area contributed by atoms with E-state index in [9.17, 15) is 9.59 Å². The molecule has 1 aliphatic rings. The molecule has 1 aromatic heterocycles. The van der Waals surface area contributed by atoms with Crippen molar-refractivity contribution in [3.8, 4) is 0 Å². The average molecular weight is 418 g/mol. The van der Waals surface area contributed by atoms with Crippen molar-refractivity contribution >= 4 is 35.6 Å². The average Bonchev–Trinajstić information content (AvgIpc) is 3.05. The number of aliphatic carboxylic acids is 1. The molecule has 1 atom stereocenters. The minimum absolute atomic E-state index is 0. The van der Waals surface area contributed by atoms with Crippen LogP contribution in [0.15, 0.2) is 17.5 Å². The SMILES string of the molecule is CN(CC(=O)O)C1CCN(CC(=O)NC(c2cccs2)C(C)(C)C)CC1.Cl. The molecule has 8 heteroatoms. The summed E-state index contributed by atoms with van der Waals surface area (Å²) in [6.07, 6.45) is 1.79. The number of nitrogens with one attached hydrogen (secondary N) is 1. The largest absolute Gasteiger partial charge is 0.480 e. The van der Waals surface area contributed by atoms with Gasteiger partial charge in [-0.15, -0.1) is 23.7 Å². The topological polar surface area (TPSA) is 72.9 Å². The summed E-state index contributed by atoms with van der Waals surface area (Å²) in [5.74, 6) is -0.744. The molecule has 2 N–H and O–H groups in total. The molecular weight excluding hydrogens is 386 g/mol. The van der Waals surface area contributed by atoms with Crippen LogP contribution in [-0.2, 0) is 9.59 Å². The lowest BCUT2D eigenvalue weighted by Crippen LogP contribution is -2.48. The van der Waals surface area contributed by atoms with Gasteiger partial charge in [-0.2, -0.15) is 0 Å². The second-order valence-electron chi connectivity index (χ2n) is 8.20. The fourth-order valence-corrected chi connectivity index (χ4v) is 4.46. The van der Waals surface area contributed by atoms with Gasteiger partial charge in [0.1, 0.15) is 0 Å². The van der Waals surface area contributed by atoms with E-state index in [1.54, 1.807) is 11.3 Å². The number of carboxylic acid groups (broad SMARTS) is 1. The van der Waals surface area contributed by atoms with Crippen molar-refractivity contribution in [1.82, 2.24) is 15.1 Å². The van der Waals surface area contributed by atoms with Crippen LogP contribution in [0.25, 0.3) is 0 Å². The maximum atomic E-state index is 12.6. The van der Waals surface area contributed by atoms with E-state index in [1.807, 2.05) is 23.4 Å². The predicted octanol–water partition coefficient (Wildman–Crippen LogP) is 2.85. The normalized spacial score (nSPS) is 17.4. The highest BCUT2D eigenvalue weighted by atomic mass is 35.5. The Kier molecular flexibility index (Phi) is 9.21.